The molecule has 7 heteroatoms. The van der Waals surface area contributed by atoms with E-state index in [2.05, 4.69) is 0 Å². The Bertz CT molecular complexity index is 451. The Morgan fingerprint density at radius 3 is 2.56 bits per heavy atom. The molecule has 1 aromatic rings. The van der Waals surface area contributed by atoms with Gasteiger partial charge in [0.15, 0.2) is 0 Å². The molecule has 1 aliphatic rings. The molecule has 0 radical (unpaired) electrons. The first-order chi connectivity index (χ1) is 8.00. The van der Waals surface area contributed by atoms with Crippen LogP contribution in [-0.2, 0) is 0 Å². The van der Waals surface area contributed by atoms with Crippen LogP contribution in [0.2, 0.25) is 0 Å². The molecule has 18 heavy (non-hydrogen) atoms. The molecule has 6 nitrogen and oxygen atoms in total. The third-order valence-electron chi connectivity index (χ3n) is 3.05. The normalized spacial score (nSPS) is 17.7. The van der Waals surface area contributed by atoms with Gasteiger partial charge in [0.25, 0.3) is 5.69 Å². The Morgan fingerprint density at radius 1 is 1.44 bits per heavy atom. The van der Waals surface area contributed by atoms with Crippen molar-refractivity contribution >= 4 is 18.1 Å². The van der Waals surface area contributed by atoms with Crippen molar-refractivity contribution in [1.29, 1.82) is 0 Å². The molecule has 0 aliphatic heterocycles. The predicted molar refractivity (Wildman–Crippen MR) is 67.7 cm³/mol. The molecule has 1 aromatic carbocycles. The molecule has 0 bridgehead atoms. The fourth-order valence-electron chi connectivity index (χ4n) is 1.84. The number of aliphatic hydroxyl groups is 1. The highest BCUT2D eigenvalue weighted by Crippen LogP contribution is 2.39. The molecule has 1 aliphatic carbocycles. The number of hydrogen-bond donors (Lipinski definition) is 3. The highest BCUT2D eigenvalue weighted by atomic mass is 35.5. The molecule has 0 unspecified atom stereocenters. The van der Waals surface area contributed by atoms with E-state index in [9.17, 15) is 20.3 Å². The number of non-ortho nitro benzene ring substituents is 1. The topological polar surface area (TPSA) is 110 Å². The number of halogens is 1. The molecule has 0 spiro atoms. The maximum Gasteiger partial charge on any atom is 0.270 e. The lowest BCUT2D eigenvalue weighted by Gasteiger charge is -2.19. The zero-order valence-corrected chi connectivity index (χ0v) is 10.3. The number of nitrogens with zero attached hydrogens (tertiary/aromatic N) is 1. The van der Waals surface area contributed by atoms with Gasteiger partial charge < -0.3 is 15.9 Å². The van der Waals surface area contributed by atoms with E-state index in [1.54, 1.807) is 0 Å². The molecule has 0 saturated heterocycles. The van der Waals surface area contributed by atoms with Gasteiger partial charge in [0.2, 0.25) is 0 Å². The van der Waals surface area contributed by atoms with Crippen LogP contribution in [0.5, 0.6) is 5.75 Å². The summed E-state index contributed by atoms with van der Waals surface area (Å²) in [5.41, 5.74) is 5.90. The summed E-state index contributed by atoms with van der Waals surface area (Å²) in [6.45, 7) is 0. The maximum absolute atomic E-state index is 10.6. The molecule has 0 aromatic heterocycles. The largest absolute Gasteiger partial charge is 0.508 e. The van der Waals surface area contributed by atoms with Gasteiger partial charge in [0.1, 0.15) is 5.75 Å². The number of aliphatic hydroxyl groups excluding tert-OH is 1. The first-order valence-electron chi connectivity index (χ1n) is 5.41. The van der Waals surface area contributed by atoms with Crippen molar-refractivity contribution in [3.63, 3.8) is 0 Å². The van der Waals surface area contributed by atoms with Crippen LogP contribution in [0.15, 0.2) is 18.2 Å². The Balaban J connectivity index is 0.00000162. The average molecular weight is 275 g/mol. The molecule has 2 rings (SSSR count). The van der Waals surface area contributed by atoms with Crippen molar-refractivity contribution in [1.82, 2.24) is 0 Å². The first kappa shape index (κ1) is 14.7. The number of nitro benzene ring substituents is 1. The number of benzene rings is 1. The Kier molecular flexibility index (Phi) is 4.50. The van der Waals surface area contributed by atoms with Gasteiger partial charge in [-0.05, 0) is 24.8 Å². The summed E-state index contributed by atoms with van der Waals surface area (Å²) in [6.07, 6.45) is 1.05. The minimum Gasteiger partial charge on any atom is -0.508 e. The average Bonchev–Trinajstić information content (AvgIpc) is 3.11. The number of nitrogens with two attached hydrogens (primary N) is 1. The van der Waals surface area contributed by atoms with Crippen LogP contribution in [0.4, 0.5) is 5.69 Å². The molecule has 0 amide bonds. The SMILES string of the molecule is Cl.N[C@H](c1cc([N+](=O)[O-])ccc1O)[C@@H](O)C1CC1. The minimum absolute atomic E-state index is 0. The monoisotopic (exact) mass is 274 g/mol. The van der Waals surface area contributed by atoms with Crippen LogP contribution in [0.25, 0.3) is 0 Å². The summed E-state index contributed by atoms with van der Waals surface area (Å²) in [5.74, 6) is 0.0199. The fourth-order valence-corrected chi connectivity index (χ4v) is 1.84. The Morgan fingerprint density at radius 2 is 2.06 bits per heavy atom. The highest BCUT2D eigenvalue weighted by molar-refractivity contribution is 5.85. The summed E-state index contributed by atoms with van der Waals surface area (Å²) in [7, 11) is 0. The number of phenolic OH excluding ortho intramolecular Hbond substituents is 1. The molecule has 1 saturated carbocycles. The molecule has 4 N–H and O–H groups in total. The molecular weight excluding hydrogens is 260 g/mol. The summed E-state index contributed by atoms with van der Waals surface area (Å²) in [6, 6.07) is 2.86. The number of aromatic hydroxyl groups is 1. The zero-order valence-electron chi connectivity index (χ0n) is 9.52. The third kappa shape index (κ3) is 2.90. The summed E-state index contributed by atoms with van der Waals surface area (Å²) in [5, 5.41) is 30.1. The smallest absolute Gasteiger partial charge is 0.270 e. The van der Waals surface area contributed by atoms with Gasteiger partial charge >= 0.3 is 0 Å². The van der Waals surface area contributed by atoms with Crippen LogP contribution in [0.1, 0.15) is 24.4 Å². The van der Waals surface area contributed by atoms with Crippen LogP contribution in [-0.4, -0.2) is 21.2 Å². The standard InChI is InChI=1S/C11H14N2O4.ClH/c12-10(11(15)6-1-2-6)8-5-7(13(16)17)3-4-9(8)14;/h3-6,10-11,14-15H,1-2,12H2;1H/t10-,11+;/m1./s1. The van der Waals surface area contributed by atoms with Gasteiger partial charge in [-0.25, -0.2) is 0 Å². The summed E-state index contributed by atoms with van der Waals surface area (Å²) < 4.78 is 0. The maximum atomic E-state index is 10.6. The fraction of sp³-hybridized carbons (Fsp3) is 0.455. The Labute approximate surface area is 110 Å². The van der Waals surface area contributed by atoms with E-state index in [-0.39, 0.29) is 35.3 Å². The first-order valence-corrected chi connectivity index (χ1v) is 5.41. The molecule has 0 heterocycles. The lowest BCUT2D eigenvalue weighted by Crippen LogP contribution is -2.28. The second-order valence-corrected chi connectivity index (χ2v) is 4.35. The van der Waals surface area contributed by atoms with Crippen molar-refractivity contribution in [3.05, 3.63) is 33.9 Å². The van der Waals surface area contributed by atoms with Crippen LogP contribution >= 0.6 is 12.4 Å². The van der Waals surface area contributed by atoms with E-state index >= 15 is 0 Å². The Hall–Kier alpha value is -1.37. The summed E-state index contributed by atoms with van der Waals surface area (Å²) >= 11 is 0. The van der Waals surface area contributed by atoms with E-state index < -0.39 is 17.1 Å². The van der Waals surface area contributed by atoms with E-state index in [1.165, 1.54) is 18.2 Å². The summed E-state index contributed by atoms with van der Waals surface area (Å²) in [4.78, 5) is 10.1. The van der Waals surface area contributed by atoms with E-state index in [0.717, 1.165) is 12.8 Å². The van der Waals surface area contributed by atoms with Gasteiger partial charge in [-0.2, -0.15) is 0 Å². The number of rotatable bonds is 4. The number of phenols is 1. The van der Waals surface area contributed by atoms with Gasteiger partial charge in [-0.3, -0.25) is 10.1 Å². The van der Waals surface area contributed by atoms with Crippen molar-refractivity contribution < 1.29 is 15.1 Å². The van der Waals surface area contributed by atoms with Gasteiger partial charge in [-0.1, -0.05) is 0 Å². The van der Waals surface area contributed by atoms with Crippen molar-refractivity contribution in [2.75, 3.05) is 0 Å². The molecule has 2 atom stereocenters. The van der Waals surface area contributed by atoms with Gasteiger partial charge in [-0.15, -0.1) is 12.4 Å². The highest BCUT2D eigenvalue weighted by Gasteiger charge is 2.35. The second kappa shape index (κ2) is 5.51. The number of nitro groups is 1. The third-order valence-corrected chi connectivity index (χ3v) is 3.05. The quantitative estimate of drug-likeness (QED) is 0.569. The minimum atomic E-state index is -0.789. The zero-order chi connectivity index (χ0) is 12.6. The van der Waals surface area contributed by atoms with Crippen molar-refractivity contribution in [2.24, 2.45) is 11.7 Å². The van der Waals surface area contributed by atoms with Gasteiger partial charge in [0.05, 0.1) is 17.1 Å². The van der Waals surface area contributed by atoms with Crippen LogP contribution < -0.4 is 5.73 Å². The van der Waals surface area contributed by atoms with Crippen molar-refractivity contribution in [2.45, 2.75) is 25.0 Å². The number of hydrogen-bond acceptors (Lipinski definition) is 5. The van der Waals surface area contributed by atoms with Crippen molar-refractivity contribution in [3.8, 4) is 5.75 Å². The van der Waals surface area contributed by atoms with E-state index in [1.807, 2.05) is 0 Å². The molecule has 100 valence electrons. The lowest BCUT2D eigenvalue weighted by atomic mass is 9.98. The molecular formula is C11H15ClN2O4. The second-order valence-electron chi connectivity index (χ2n) is 4.35. The molecule has 1 fully saturated rings. The van der Waals surface area contributed by atoms with Crippen LogP contribution in [0, 0.1) is 16.0 Å². The van der Waals surface area contributed by atoms with Gasteiger partial charge in [0, 0.05) is 17.7 Å². The predicted octanol–water partition coefficient (Wildman–Crippen LogP) is 1.49. The lowest BCUT2D eigenvalue weighted by molar-refractivity contribution is -0.385. The van der Waals surface area contributed by atoms with E-state index in [4.69, 9.17) is 5.73 Å². The van der Waals surface area contributed by atoms with Crippen LogP contribution in [0.3, 0.4) is 0 Å². The van der Waals surface area contributed by atoms with E-state index in [0.29, 0.717) is 0 Å².